The average molecular weight is 173 g/mol. The van der Waals surface area contributed by atoms with Gasteiger partial charge in [-0.15, -0.1) is 0 Å². The van der Waals surface area contributed by atoms with E-state index in [1.54, 1.807) is 0 Å². The predicted molar refractivity (Wildman–Crippen MR) is 48.9 cm³/mol. The van der Waals surface area contributed by atoms with Crippen LogP contribution < -0.4 is 5.73 Å². The van der Waals surface area contributed by atoms with Crippen molar-refractivity contribution in [2.24, 2.45) is 11.7 Å². The van der Waals surface area contributed by atoms with E-state index in [1.165, 1.54) is 0 Å². The van der Waals surface area contributed by atoms with Crippen LogP contribution in [0.15, 0.2) is 0 Å². The zero-order chi connectivity index (χ0) is 9.40. The van der Waals surface area contributed by atoms with Crippen LogP contribution in [0.2, 0.25) is 0 Å². The van der Waals surface area contributed by atoms with Crippen LogP contribution in [0.3, 0.4) is 0 Å². The number of hydrogen-bond donors (Lipinski definition) is 2. The first kappa shape index (κ1) is 11.4. The molecule has 0 spiro atoms. The van der Waals surface area contributed by atoms with Gasteiger partial charge in [-0.1, -0.05) is 19.8 Å². The van der Waals surface area contributed by atoms with Gasteiger partial charge in [-0.2, -0.15) is 0 Å². The van der Waals surface area contributed by atoms with Gasteiger partial charge in [-0.25, -0.2) is 0 Å². The molecule has 0 bridgehead atoms. The van der Waals surface area contributed by atoms with Crippen LogP contribution in [0.5, 0.6) is 0 Å². The van der Waals surface area contributed by atoms with Gasteiger partial charge in [0.15, 0.2) is 0 Å². The molecule has 0 radical (unpaired) electrons. The molecule has 0 aromatic rings. The lowest BCUT2D eigenvalue weighted by molar-refractivity contribution is -0.137. The van der Waals surface area contributed by atoms with Gasteiger partial charge < -0.3 is 10.8 Å². The first-order chi connectivity index (χ1) is 5.66. The lowest BCUT2D eigenvalue weighted by Crippen LogP contribution is -2.10. The third-order valence-corrected chi connectivity index (χ3v) is 1.99. The number of carboxylic acids is 1. The first-order valence-electron chi connectivity index (χ1n) is 4.58. The molecule has 0 aliphatic rings. The van der Waals surface area contributed by atoms with Crippen molar-refractivity contribution in [3.63, 3.8) is 0 Å². The Morgan fingerprint density at radius 1 is 1.42 bits per heavy atom. The Balaban J connectivity index is 3.05. The Labute approximate surface area is 74.0 Å². The molecule has 12 heavy (non-hydrogen) atoms. The van der Waals surface area contributed by atoms with Crippen LogP contribution in [0.1, 0.15) is 39.0 Å². The van der Waals surface area contributed by atoms with Gasteiger partial charge in [0.1, 0.15) is 0 Å². The maximum absolute atomic E-state index is 10.1. The zero-order valence-electron chi connectivity index (χ0n) is 7.75. The Kier molecular flexibility index (Phi) is 6.76. The van der Waals surface area contributed by atoms with Gasteiger partial charge in [0, 0.05) is 6.42 Å². The maximum atomic E-state index is 10.1. The summed E-state index contributed by atoms with van der Waals surface area (Å²) in [5.74, 6) is -0.114. The van der Waals surface area contributed by atoms with Crippen LogP contribution >= 0.6 is 0 Å². The fourth-order valence-electron chi connectivity index (χ4n) is 1.06. The molecule has 0 rings (SSSR count). The molecule has 0 saturated heterocycles. The zero-order valence-corrected chi connectivity index (χ0v) is 7.75. The highest BCUT2D eigenvalue weighted by atomic mass is 16.4. The first-order valence-corrected chi connectivity index (χ1v) is 4.58. The van der Waals surface area contributed by atoms with Crippen molar-refractivity contribution in [1.82, 2.24) is 0 Å². The van der Waals surface area contributed by atoms with Gasteiger partial charge in [0.25, 0.3) is 0 Å². The Morgan fingerprint density at radius 3 is 2.58 bits per heavy atom. The number of unbranched alkanes of at least 4 members (excludes halogenated alkanes) is 2. The van der Waals surface area contributed by atoms with Crippen LogP contribution in [-0.4, -0.2) is 17.6 Å². The molecule has 0 heterocycles. The number of nitrogens with two attached hydrogens (primary N) is 1. The summed E-state index contributed by atoms with van der Waals surface area (Å²) in [7, 11) is 0. The third kappa shape index (κ3) is 7.54. The van der Waals surface area contributed by atoms with Crippen LogP contribution in [0.4, 0.5) is 0 Å². The van der Waals surface area contributed by atoms with Gasteiger partial charge in [0.05, 0.1) is 0 Å². The largest absolute Gasteiger partial charge is 0.481 e. The second kappa shape index (κ2) is 7.10. The molecular weight excluding hydrogens is 154 g/mol. The van der Waals surface area contributed by atoms with E-state index in [0.29, 0.717) is 12.3 Å². The second-order valence-electron chi connectivity index (χ2n) is 3.33. The van der Waals surface area contributed by atoms with Crippen molar-refractivity contribution >= 4 is 5.97 Å². The van der Waals surface area contributed by atoms with E-state index in [-0.39, 0.29) is 0 Å². The molecule has 0 aliphatic carbocycles. The average Bonchev–Trinajstić information content (AvgIpc) is 2.03. The Bertz CT molecular complexity index is 126. The summed E-state index contributed by atoms with van der Waals surface area (Å²) >= 11 is 0. The number of rotatable bonds is 7. The van der Waals surface area contributed by atoms with Gasteiger partial charge >= 0.3 is 5.97 Å². The molecule has 0 saturated carbocycles. The summed E-state index contributed by atoms with van der Waals surface area (Å²) in [6.45, 7) is 2.86. The van der Waals surface area contributed by atoms with E-state index in [9.17, 15) is 4.79 Å². The molecule has 72 valence electrons. The summed E-state index contributed by atoms with van der Waals surface area (Å²) in [6.07, 6.45) is 4.34. The SMILES string of the molecule is CC(CN)CCCCCC(=O)O. The second-order valence-corrected chi connectivity index (χ2v) is 3.33. The van der Waals surface area contributed by atoms with Gasteiger partial charge in [-0.3, -0.25) is 4.79 Å². The molecule has 3 N–H and O–H groups in total. The van der Waals surface area contributed by atoms with E-state index in [2.05, 4.69) is 6.92 Å². The topological polar surface area (TPSA) is 63.3 Å². The highest BCUT2D eigenvalue weighted by molar-refractivity contribution is 5.66. The Morgan fingerprint density at radius 2 is 2.08 bits per heavy atom. The molecule has 1 atom stereocenters. The predicted octanol–water partition coefficient (Wildman–Crippen LogP) is 1.62. The standard InChI is InChI=1S/C9H19NO2/c1-8(7-10)5-3-2-4-6-9(11)12/h8H,2-7,10H2,1H3,(H,11,12). The van der Waals surface area contributed by atoms with E-state index in [1.807, 2.05) is 0 Å². The minimum atomic E-state index is -0.693. The van der Waals surface area contributed by atoms with Crippen molar-refractivity contribution in [3.8, 4) is 0 Å². The molecule has 0 aromatic heterocycles. The summed E-state index contributed by atoms with van der Waals surface area (Å²) in [5.41, 5.74) is 5.44. The summed E-state index contributed by atoms with van der Waals surface area (Å²) in [4.78, 5) is 10.1. The van der Waals surface area contributed by atoms with Crippen molar-refractivity contribution in [1.29, 1.82) is 0 Å². The molecule has 1 unspecified atom stereocenters. The Hall–Kier alpha value is -0.570. The van der Waals surface area contributed by atoms with Crippen LogP contribution in [0, 0.1) is 5.92 Å². The summed E-state index contributed by atoms with van der Waals surface area (Å²) < 4.78 is 0. The monoisotopic (exact) mass is 173 g/mol. The molecule has 3 heteroatoms. The number of aliphatic carboxylic acids is 1. The van der Waals surface area contributed by atoms with E-state index in [0.717, 1.165) is 32.2 Å². The van der Waals surface area contributed by atoms with Crippen LogP contribution in [0.25, 0.3) is 0 Å². The van der Waals surface area contributed by atoms with Crippen molar-refractivity contribution in [2.45, 2.75) is 39.0 Å². The van der Waals surface area contributed by atoms with Crippen molar-refractivity contribution in [2.75, 3.05) is 6.54 Å². The molecule has 0 fully saturated rings. The fraction of sp³-hybridized carbons (Fsp3) is 0.889. The van der Waals surface area contributed by atoms with Crippen molar-refractivity contribution in [3.05, 3.63) is 0 Å². The maximum Gasteiger partial charge on any atom is 0.303 e. The number of carboxylic acid groups (broad SMARTS) is 1. The number of hydrogen-bond acceptors (Lipinski definition) is 2. The molecule has 3 nitrogen and oxygen atoms in total. The molecule has 0 aromatic carbocycles. The molecular formula is C9H19NO2. The van der Waals surface area contributed by atoms with Gasteiger partial charge in [-0.05, 0) is 25.3 Å². The lowest BCUT2D eigenvalue weighted by Gasteiger charge is -2.06. The minimum absolute atomic E-state index is 0.303. The van der Waals surface area contributed by atoms with E-state index >= 15 is 0 Å². The number of carbonyl (C=O) groups is 1. The molecule has 0 amide bonds. The minimum Gasteiger partial charge on any atom is -0.481 e. The molecule has 0 aliphatic heterocycles. The highest BCUT2D eigenvalue weighted by Gasteiger charge is 1.99. The van der Waals surface area contributed by atoms with Crippen LogP contribution in [-0.2, 0) is 4.79 Å². The highest BCUT2D eigenvalue weighted by Crippen LogP contribution is 2.08. The summed E-state index contributed by atoms with van der Waals surface area (Å²) in [6, 6.07) is 0. The normalized spacial score (nSPS) is 12.8. The fourth-order valence-corrected chi connectivity index (χ4v) is 1.06. The van der Waals surface area contributed by atoms with Gasteiger partial charge in [0.2, 0.25) is 0 Å². The third-order valence-electron chi connectivity index (χ3n) is 1.99. The summed E-state index contributed by atoms with van der Waals surface area (Å²) in [5, 5.41) is 8.35. The lowest BCUT2D eigenvalue weighted by atomic mass is 10.0. The van der Waals surface area contributed by atoms with Crippen molar-refractivity contribution < 1.29 is 9.90 Å². The quantitative estimate of drug-likeness (QED) is 0.575. The van der Waals surface area contributed by atoms with E-state index in [4.69, 9.17) is 10.8 Å². The van der Waals surface area contributed by atoms with E-state index < -0.39 is 5.97 Å². The smallest absolute Gasteiger partial charge is 0.303 e.